The minimum atomic E-state index is -3.03. The summed E-state index contributed by atoms with van der Waals surface area (Å²) in [5.41, 5.74) is 1.80. The number of alkyl halides is 2. The molecule has 0 aromatic heterocycles. The molecule has 1 unspecified atom stereocenters. The lowest BCUT2D eigenvalue weighted by atomic mass is 9.88. The average Bonchev–Trinajstić information content (AvgIpc) is 3.47. The lowest BCUT2D eigenvalue weighted by Crippen LogP contribution is -2.27. The molecule has 0 spiro atoms. The van der Waals surface area contributed by atoms with Crippen LogP contribution in [0.2, 0.25) is 0 Å². The van der Waals surface area contributed by atoms with E-state index in [-0.39, 0.29) is 29.0 Å². The highest BCUT2D eigenvalue weighted by molar-refractivity contribution is 6.00. The number of halogens is 2. The van der Waals surface area contributed by atoms with E-state index in [4.69, 9.17) is 9.47 Å². The van der Waals surface area contributed by atoms with Gasteiger partial charge < -0.3 is 14.8 Å². The Morgan fingerprint density at radius 2 is 1.86 bits per heavy atom. The molecule has 1 aromatic carbocycles. The highest BCUT2D eigenvalue weighted by atomic mass is 19.3. The van der Waals surface area contributed by atoms with E-state index in [1.165, 1.54) is 13.2 Å². The molecule has 6 heteroatoms. The molecule has 1 aromatic rings. The maximum Gasteiger partial charge on any atom is 0.387 e. The smallest absolute Gasteiger partial charge is 0.387 e. The Balaban J connectivity index is 2.57. The van der Waals surface area contributed by atoms with Gasteiger partial charge in [-0.1, -0.05) is 40.2 Å². The fourth-order valence-electron chi connectivity index (χ4n) is 3.00. The van der Waals surface area contributed by atoms with Gasteiger partial charge in [0, 0.05) is 6.04 Å². The molecule has 1 N–H and O–H groups in total. The lowest BCUT2D eigenvalue weighted by molar-refractivity contribution is -0.0502. The summed E-state index contributed by atoms with van der Waals surface area (Å²) in [6.45, 7) is 5.38. The van der Waals surface area contributed by atoms with Crippen LogP contribution in [-0.4, -0.2) is 25.7 Å². The first-order valence-corrected chi connectivity index (χ1v) is 10.00. The van der Waals surface area contributed by atoms with E-state index in [0.29, 0.717) is 5.92 Å². The van der Waals surface area contributed by atoms with Gasteiger partial charge in [-0.3, -0.25) is 4.79 Å². The van der Waals surface area contributed by atoms with Crippen LogP contribution in [0, 0.1) is 11.8 Å². The standard InChI is InChI=1S/C22H31F2NO3/c1-6-13(3)10-17(14(4)7-2)15-11-18(27-5)20(19(12-15)28-22(23)24)21(26)25-16-8-9-16/h10-14,16,22H,6-9H2,1-5H3,(H,25,26)/b17-10+/t13-,14?/m0/s1. The third kappa shape index (κ3) is 5.69. The summed E-state index contributed by atoms with van der Waals surface area (Å²) in [6.07, 6.45) is 5.83. The van der Waals surface area contributed by atoms with Crippen molar-refractivity contribution in [3.8, 4) is 11.5 Å². The first-order valence-electron chi connectivity index (χ1n) is 10.00. The summed E-state index contributed by atoms with van der Waals surface area (Å²) in [5, 5.41) is 2.82. The largest absolute Gasteiger partial charge is 0.496 e. The van der Waals surface area contributed by atoms with Gasteiger partial charge in [0.25, 0.3) is 5.91 Å². The first-order chi connectivity index (χ1) is 13.3. The van der Waals surface area contributed by atoms with E-state index >= 15 is 0 Å². The van der Waals surface area contributed by atoms with Gasteiger partial charge >= 0.3 is 6.61 Å². The van der Waals surface area contributed by atoms with Crippen LogP contribution in [0.5, 0.6) is 11.5 Å². The number of rotatable bonds is 10. The minimum absolute atomic E-state index is 0.0190. The summed E-state index contributed by atoms with van der Waals surface area (Å²) in [4.78, 5) is 12.6. The molecule has 0 bridgehead atoms. The number of ether oxygens (including phenoxy) is 2. The molecule has 0 radical (unpaired) electrons. The van der Waals surface area contributed by atoms with Crippen LogP contribution in [0.15, 0.2) is 18.2 Å². The Labute approximate surface area is 166 Å². The lowest BCUT2D eigenvalue weighted by Gasteiger charge is -2.21. The average molecular weight is 395 g/mol. The molecule has 1 aliphatic rings. The van der Waals surface area contributed by atoms with Crippen LogP contribution < -0.4 is 14.8 Å². The van der Waals surface area contributed by atoms with Gasteiger partial charge in [0.05, 0.1) is 7.11 Å². The normalized spacial score (nSPS) is 16.6. The number of carbonyl (C=O) groups is 1. The highest BCUT2D eigenvalue weighted by Crippen LogP contribution is 2.38. The molecule has 2 rings (SSSR count). The number of carbonyl (C=O) groups excluding carboxylic acids is 1. The van der Waals surface area contributed by atoms with Crippen LogP contribution in [0.1, 0.15) is 69.3 Å². The van der Waals surface area contributed by atoms with E-state index in [2.05, 4.69) is 39.1 Å². The van der Waals surface area contributed by atoms with Crippen molar-refractivity contribution in [2.24, 2.45) is 11.8 Å². The molecule has 1 fully saturated rings. The molecule has 0 heterocycles. The van der Waals surface area contributed by atoms with Gasteiger partial charge in [-0.05, 0) is 54.4 Å². The molecule has 0 saturated heterocycles. The molecule has 156 valence electrons. The van der Waals surface area contributed by atoms with Crippen LogP contribution in [0.3, 0.4) is 0 Å². The molecule has 28 heavy (non-hydrogen) atoms. The summed E-state index contributed by atoms with van der Waals surface area (Å²) in [7, 11) is 1.43. The third-order valence-electron chi connectivity index (χ3n) is 5.23. The van der Waals surface area contributed by atoms with Crippen molar-refractivity contribution in [3.05, 3.63) is 29.3 Å². The van der Waals surface area contributed by atoms with Gasteiger partial charge in [-0.2, -0.15) is 8.78 Å². The Morgan fingerprint density at radius 1 is 1.21 bits per heavy atom. The zero-order valence-corrected chi connectivity index (χ0v) is 17.4. The number of amides is 1. The number of hydrogen-bond donors (Lipinski definition) is 1. The Morgan fingerprint density at radius 3 is 2.36 bits per heavy atom. The fraction of sp³-hybridized carbons (Fsp3) is 0.591. The Kier molecular flexibility index (Phi) is 7.84. The Bertz CT molecular complexity index is 714. The monoisotopic (exact) mass is 395 g/mol. The van der Waals surface area contributed by atoms with Gasteiger partial charge in [0.15, 0.2) is 0 Å². The van der Waals surface area contributed by atoms with E-state index in [9.17, 15) is 13.6 Å². The second-order valence-electron chi connectivity index (χ2n) is 7.49. The fourth-order valence-corrected chi connectivity index (χ4v) is 3.00. The third-order valence-corrected chi connectivity index (χ3v) is 5.23. The van der Waals surface area contributed by atoms with Crippen molar-refractivity contribution in [1.29, 1.82) is 0 Å². The van der Waals surface area contributed by atoms with Crippen molar-refractivity contribution in [2.45, 2.75) is 66.0 Å². The predicted octanol–water partition coefficient (Wildman–Crippen LogP) is 5.66. The molecular formula is C22H31F2NO3. The van der Waals surface area contributed by atoms with Gasteiger partial charge in [0.2, 0.25) is 0 Å². The molecule has 2 atom stereocenters. The van der Waals surface area contributed by atoms with Crippen LogP contribution >= 0.6 is 0 Å². The summed E-state index contributed by atoms with van der Waals surface area (Å²) >= 11 is 0. The highest BCUT2D eigenvalue weighted by Gasteiger charge is 2.29. The van der Waals surface area contributed by atoms with E-state index in [1.807, 2.05) is 0 Å². The second kappa shape index (κ2) is 9.89. The van der Waals surface area contributed by atoms with Crippen molar-refractivity contribution < 1.29 is 23.0 Å². The van der Waals surface area contributed by atoms with Crippen molar-refractivity contribution in [2.75, 3.05) is 7.11 Å². The van der Waals surface area contributed by atoms with Crippen molar-refractivity contribution >= 4 is 11.5 Å². The summed E-state index contributed by atoms with van der Waals surface area (Å²) in [5.74, 6) is 0.208. The SMILES string of the molecule is CCC(C)/C(=C\[C@@H](C)CC)c1cc(OC)c(C(=O)NC2CC2)c(OC(F)F)c1. The Hall–Kier alpha value is -2.11. The maximum atomic E-state index is 13.1. The number of benzene rings is 1. The van der Waals surface area contributed by atoms with E-state index in [1.54, 1.807) is 6.07 Å². The zero-order chi connectivity index (χ0) is 20.8. The van der Waals surface area contributed by atoms with Gasteiger partial charge in [0.1, 0.15) is 17.1 Å². The quantitative estimate of drug-likeness (QED) is 0.556. The molecule has 1 saturated carbocycles. The number of hydrogen-bond acceptors (Lipinski definition) is 3. The molecule has 1 aliphatic carbocycles. The van der Waals surface area contributed by atoms with Gasteiger partial charge in [-0.25, -0.2) is 0 Å². The van der Waals surface area contributed by atoms with Gasteiger partial charge in [-0.15, -0.1) is 0 Å². The zero-order valence-electron chi connectivity index (χ0n) is 17.4. The van der Waals surface area contributed by atoms with E-state index < -0.39 is 12.5 Å². The van der Waals surface area contributed by atoms with Crippen molar-refractivity contribution in [3.63, 3.8) is 0 Å². The first kappa shape index (κ1) is 22.2. The second-order valence-corrected chi connectivity index (χ2v) is 7.49. The van der Waals surface area contributed by atoms with Crippen molar-refractivity contribution in [1.82, 2.24) is 5.32 Å². The summed E-state index contributed by atoms with van der Waals surface area (Å²) < 4.78 is 36.3. The van der Waals surface area contributed by atoms with Crippen LogP contribution in [0.25, 0.3) is 5.57 Å². The minimum Gasteiger partial charge on any atom is -0.496 e. The van der Waals surface area contributed by atoms with Crippen LogP contribution in [0.4, 0.5) is 8.78 Å². The molecule has 0 aliphatic heterocycles. The molecule has 4 nitrogen and oxygen atoms in total. The predicted molar refractivity (Wildman–Crippen MR) is 107 cm³/mol. The number of methoxy groups -OCH3 is 1. The topological polar surface area (TPSA) is 47.6 Å². The van der Waals surface area contributed by atoms with Crippen LogP contribution in [-0.2, 0) is 0 Å². The number of nitrogens with one attached hydrogen (secondary N) is 1. The molecule has 1 amide bonds. The summed E-state index contributed by atoms with van der Waals surface area (Å²) in [6, 6.07) is 3.38. The maximum absolute atomic E-state index is 13.1. The molecular weight excluding hydrogens is 364 g/mol. The number of allylic oxidation sites excluding steroid dienone is 2. The van der Waals surface area contributed by atoms with E-state index in [0.717, 1.165) is 36.8 Å².